The van der Waals surface area contributed by atoms with Crippen molar-refractivity contribution < 1.29 is 9.13 Å². The summed E-state index contributed by atoms with van der Waals surface area (Å²) >= 11 is 0. The van der Waals surface area contributed by atoms with Crippen LogP contribution in [0.3, 0.4) is 0 Å². The van der Waals surface area contributed by atoms with Crippen LogP contribution >= 0.6 is 0 Å². The van der Waals surface area contributed by atoms with Crippen LogP contribution in [0.5, 0.6) is 0 Å². The minimum absolute atomic E-state index is 0.173. The molecule has 0 atom stereocenters. The molecule has 2 radical (unpaired) electrons. The standard InChI is InChI=1S/C16H17N3/c1-13(2)16-17(11-14-7-3-5-9-18(14)16)12-15-8-4-6-10-19(15)16/h3-13H,1-2H3/q+2. The Hall–Kier alpha value is -1.74. The molecule has 2 aromatic heterocycles. The second kappa shape index (κ2) is 3.64. The molecule has 0 fully saturated rings. The van der Waals surface area contributed by atoms with Gasteiger partial charge in [-0.3, -0.25) is 0 Å². The van der Waals surface area contributed by atoms with Crippen molar-refractivity contribution in [2.75, 3.05) is 0 Å². The van der Waals surface area contributed by atoms with Gasteiger partial charge in [0.15, 0.2) is 12.4 Å². The lowest BCUT2D eigenvalue weighted by atomic mass is 10.0. The quantitative estimate of drug-likeness (QED) is 0.698. The molecule has 2 aliphatic heterocycles. The van der Waals surface area contributed by atoms with E-state index in [1.807, 2.05) is 0 Å². The Morgan fingerprint density at radius 3 is 1.89 bits per heavy atom. The molecule has 2 aromatic rings. The third kappa shape index (κ3) is 1.21. The van der Waals surface area contributed by atoms with Gasteiger partial charge in [0.05, 0.1) is 0 Å². The first-order chi connectivity index (χ1) is 9.24. The van der Waals surface area contributed by atoms with Gasteiger partial charge in [-0.05, 0) is 13.8 Å². The van der Waals surface area contributed by atoms with Crippen molar-refractivity contribution in [2.24, 2.45) is 5.92 Å². The zero-order chi connectivity index (χ0) is 13.0. The summed E-state index contributed by atoms with van der Waals surface area (Å²) in [6.45, 7) is 9.01. The lowest BCUT2D eigenvalue weighted by Gasteiger charge is -2.23. The predicted octanol–water partition coefficient (Wildman–Crippen LogP) is 1.43. The predicted molar refractivity (Wildman–Crippen MR) is 70.1 cm³/mol. The van der Waals surface area contributed by atoms with Crippen LogP contribution in [-0.4, -0.2) is 4.90 Å². The van der Waals surface area contributed by atoms with Gasteiger partial charge in [-0.25, -0.2) is 0 Å². The number of fused-ring (bicyclic) bond motifs is 5. The van der Waals surface area contributed by atoms with Crippen molar-refractivity contribution in [1.82, 2.24) is 4.90 Å². The summed E-state index contributed by atoms with van der Waals surface area (Å²) in [7, 11) is 0. The Bertz CT molecular complexity index is 598. The lowest BCUT2D eigenvalue weighted by molar-refractivity contribution is -1.01. The molecule has 4 heterocycles. The maximum atomic E-state index is 2.37. The average Bonchev–Trinajstić information content (AvgIpc) is 2.89. The van der Waals surface area contributed by atoms with E-state index in [1.165, 1.54) is 11.4 Å². The average molecular weight is 251 g/mol. The molecule has 0 N–H and O–H groups in total. The van der Waals surface area contributed by atoms with Crippen LogP contribution in [0.1, 0.15) is 25.2 Å². The van der Waals surface area contributed by atoms with Crippen molar-refractivity contribution >= 4 is 0 Å². The highest BCUT2D eigenvalue weighted by molar-refractivity contribution is 5.20. The normalized spacial score (nSPS) is 19.3. The molecule has 0 aromatic carbocycles. The smallest absolute Gasteiger partial charge is 0.151 e. The number of hydrogen-bond acceptors (Lipinski definition) is 1. The van der Waals surface area contributed by atoms with Gasteiger partial charge in [-0.15, -0.1) is 9.13 Å². The SMILES string of the molecule is CC(C)C12N([CH]c3cccc[n+]31)[CH]c1cccc[n+]12. The number of nitrogens with zero attached hydrogens (tertiary/aromatic N) is 3. The Morgan fingerprint density at radius 2 is 1.42 bits per heavy atom. The van der Waals surface area contributed by atoms with E-state index in [0.29, 0.717) is 5.92 Å². The molecule has 0 bridgehead atoms. The fraction of sp³-hybridized carbons (Fsp3) is 0.250. The molecule has 94 valence electrons. The molecular weight excluding hydrogens is 234 g/mol. The fourth-order valence-corrected chi connectivity index (χ4v) is 3.45. The topological polar surface area (TPSA) is 11.0 Å². The number of hydrogen-bond donors (Lipinski definition) is 0. The van der Waals surface area contributed by atoms with Crippen molar-refractivity contribution in [2.45, 2.75) is 19.6 Å². The molecule has 0 aliphatic carbocycles. The van der Waals surface area contributed by atoms with Crippen LogP contribution in [0, 0.1) is 19.0 Å². The molecule has 0 unspecified atom stereocenters. The summed E-state index contributed by atoms with van der Waals surface area (Å²) in [5.74, 6) is 0.273. The van der Waals surface area contributed by atoms with Gasteiger partial charge in [0.25, 0.3) is 0 Å². The minimum atomic E-state index is -0.173. The van der Waals surface area contributed by atoms with Gasteiger partial charge in [0.2, 0.25) is 11.4 Å². The van der Waals surface area contributed by atoms with E-state index in [1.54, 1.807) is 0 Å². The highest BCUT2D eigenvalue weighted by atomic mass is 15.6. The molecule has 0 saturated heterocycles. The van der Waals surface area contributed by atoms with E-state index >= 15 is 0 Å². The van der Waals surface area contributed by atoms with E-state index in [4.69, 9.17) is 0 Å². The van der Waals surface area contributed by atoms with Crippen LogP contribution in [0.25, 0.3) is 0 Å². The Morgan fingerprint density at radius 1 is 0.895 bits per heavy atom. The number of rotatable bonds is 1. The van der Waals surface area contributed by atoms with Gasteiger partial charge in [0.1, 0.15) is 19.0 Å². The summed E-state index contributed by atoms with van der Waals surface area (Å²) in [5.41, 5.74) is 2.49. The summed E-state index contributed by atoms with van der Waals surface area (Å²) in [4.78, 5) is 2.34. The molecule has 3 heteroatoms. The van der Waals surface area contributed by atoms with Crippen LogP contribution in [0.15, 0.2) is 48.8 Å². The molecular formula is C16H17N3+2. The summed E-state index contributed by atoms with van der Waals surface area (Å²) in [6, 6.07) is 12.7. The van der Waals surface area contributed by atoms with Crippen molar-refractivity contribution in [3.8, 4) is 0 Å². The highest BCUT2D eigenvalue weighted by Gasteiger charge is 2.68. The van der Waals surface area contributed by atoms with Crippen molar-refractivity contribution in [1.29, 1.82) is 0 Å². The van der Waals surface area contributed by atoms with Gasteiger partial charge in [-0.1, -0.05) is 12.1 Å². The van der Waals surface area contributed by atoms with Crippen molar-refractivity contribution in [3.05, 3.63) is 73.3 Å². The fourth-order valence-electron chi connectivity index (χ4n) is 3.45. The minimum Gasteiger partial charge on any atom is -0.151 e. The monoisotopic (exact) mass is 251 g/mol. The zero-order valence-corrected chi connectivity index (χ0v) is 11.2. The van der Waals surface area contributed by atoms with E-state index in [2.05, 4.69) is 89.8 Å². The van der Waals surface area contributed by atoms with E-state index in [-0.39, 0.29) is 5.79 Å². The zero-order valence-electron chi connectivity index (χ0n) is 11.2. The van der Waals surface area contributed by atoms with Gasteiger partial charge in [-0.2, -0.15) is 4.90 Å². The van der Waals surface area contributed by atoms with E-state index < -0.39 is 0 Å². The summed E-state index contributed by atoms with van der Waals surface area (Å²) < 4.78 is 4.73. The largest absolute Gasteiger partial charge is 0.431 e. The Labute approximate surface area is 113 Å². The van der Waals surface area contributed by atoms with Gasteiger partial charge >= 0.3 is 5.79 Å². The van der Waals surface area contributed by atoms with Crippen LogP contribution in [-0.2, 0) is 5.79 Å². The number of pyridine rings is 2. The lowest BCUT2D eigenvalue weighted by Crippen LogP contribution is -2.76. The molecule has 2 aliphatic rings. The second-order valence-corrected chi connectivity index (χ2v) is 5.50. The Kier molecular flexibility index (Phi) is 2.13. The van der Waals surface area contributed by atoms with Crippen LogP contribution in [0.4, 0.5) is 0 Å². The first-order valence-corrected chi connectivity index (χ1v) is 6.75. The van der Waals surface area contributed by atoms with Gasteiger partial charge < -0.3 is 0 Å². The molecule has 0 saturated carbocycles. The highest BCUT2D eigenvalue weighted by Crippen LogP contribution is 2.36. The first-order valence-electron chi connectivity index (χ1n) is 6.75. The molecule has 3 nitrogen and oxygen atoms in total. The Balaban J connectivity index is 2.05. The maximum Gasteiger partial charge on any atom is 0.431 e. The number of aromatic nitrogens is 2. The van der Waals surface area contributed by atoms with Crippen molar-refractivity contribution in [3.63, 3.8) is 0 Å². The maximum absolute atomic E-state index is 2.37. The molecule has 19 heavy (non-hydrogen) atoms. The molecule has 0 spiro atoms. The van der Waals surface area contributed by atoms with E-state index in [9.17, 15) is 0 Å². The van der Waals surface area contributed by atoms with Crippen LogP contribution in [0.2, 0.25) is 0 Å². The summed E-state index contributed by atoms with van der Waals surface area (Å²) in [5, 5.41) is 0. The van der Waals surface area contributed by atoms with Gasteiger partial charge in [0, 0.05) is 24.3 Å². The van der Waals surface area contributed by atoms with E-state index in [0.717, 1.165) is 0 Å². The third-order valence-corrected chi connectivity index (χ3v) is 4.19. The molecule has 0 amide bonds. The van der Waals surface area contributed by atoms with Crippen LogP contribution < -0.4 is 9.13 Å². The first kappa shape index (κ1) is 11.1. The summed E-state index contributed by atoms with van der Waals surface area (Å²) in [6.07, 6.45) is 4.35. The third-order valence-electron chi connectivity index (χ3n) is 4.19. The second-order valence-electron chi connectivity index (χ2n) is 5.50. The molecule has 4 rings (SSSR count).